The Bertz CT molecular complexity index is 2760. The van der Waals surface area contributed by atoms with Crippen molar-refractivity contribution in [1.29, 1.82) is 0 Å². The Morgan fingerprint density at radius 3 is 1.75 bits per heavy atom. The average Bonchev–Trinajstić information content (AvgIpc) is 3.66. The summed E-state index contributed by atoms with van der Waals surface area (Å²) in [6.07, 6.45) is 12.9. The van der Waals surface area contributed by atoms with E-state index in [0.717, 1.165) is 41.2 Å². The molecule has 0 N–H and O–H groups in total. The molecule has 1 heterocycles. The minimum atomic E-state index is -0.0204. The first kappa shape index (κ1) is 34.2. The smallest absolute Gasteiger partial charge is 0.160 e. The molecule has 1 aromatic heterocycles. The van der Waals surface area contributed by atoms with Gasteiger partial charge in [0.15, 0.2) is 5.82 Å². The van der Waals surface area contributed by atoms with E-state index < -0.39 is 0 Å². The lowest BCUT2D eigenvalue weighted by Gasteiger charge is -2.36. The van der Waals surface area contributed by atoms with Crippen LogP contribution < -0.4 is 0 Å². The van der Waals surface area contributed by atoms with Crippen LogP contribution in [0.2, 0.25) is 0 Å². The number of fused-ring (bicyclic) bond motifs is 8. The predicted octanol–water partition coefficient (Wildman–Crippen LogP) is 14.3. The average molecular weight is 735 g/mol. The van der Waals surface area contributed by atoms with Gasteiger partial charge >= 0.3 is 0 Å². The highest BCUT2D eigenvalue weighted by Crippen LogP contribution is 2.60. The molecule has 4 aliphatic carbocycles. The van der Waals surface area contributed by atoms with E-state index in [1.54, 1.807) is 5.56 Å². The van der Waals surface area contributed by atoms with Gasteiger partial charge in [0.25, 0.3) is 0 Å². The van der Waals surface area contributed by atoms with Crippen molar-refractivity contribution in [3.05, 3.63) is 191 Å². The van der Waals surface area contributed by atoms with Gasteiger partial charge in [-0.15, -0.1) is 0 Å². The summed E-state index contributed by atoms with van der Waals surface area (Å²) in [5.41, 5.74) is 22.3. The maximum Gasteiger partial charge on any atom is 0.160 e. The van der Waals surface area contributed by atoms with Crippen LogP contribution in [0.4, 0.5) is 0 Å². The van der Waals surface area contributed by atoms with Crippen molar-refractivity contribution in [1.82, 2.24) is 9.97 Å². The number of allylic oxidation sites excluding steroid dienone is 4. The molecule has 11 rings (SSSR count). The second-order valence-corrected chi connectivity index (χ2v) is 17.2. The first-order valence-electron chi connectivity index (χ1n) is 20.9. The molecule has 2 nitrogen and oxygen atoms in total. The Hall–Kier alpha value is -6.12. The summed E-state index contributed by atoms with van der Waals surface area (Å²) >= 11 is 0. The Morgan fingerprint density at radius 1 is 0.404 bits per heavy atom. The quantitative estimate of drug-likeness (QED) is 0.176. The molecule has 0 atom stereocenters. The third kappa shape index (κ3) is 5.52. The van der Waals surface area contributed by atoms with E-state index in [0.29, 0.717) is 0 Å². The van der Waals surface area contributed by atoms with Crippen LogP contribution in [0.15, 0.2) is 158 Å². The topological polar surface area (TPSA) is 25.8 Å². The van der Waals surface area contributed by atoms with Crippen LogP contribution in [0.25, 0.3) is 67.2 Å². The van der Waals surface area contributed by atoms with Gasteiger partial charge in [-0.1, -0.05) is 167 Å². The second kappa shape index (κ2) is 13.2. The van der Waals surface area contributed by atoms with E-state index in [2.05, 4.69) is 166 Å². The molecule has 276 valence electrons. The molecule has 57 heavy (non-hydrogen) atoms. The van der Waals surface area contributed by atoms with Crippen molar-refractivity contribution >= 4 is 11.1 Å². The zero-order valence-corrected chi connectivity index (χ0v) is 32.9. The Balaban J connectivity index is 0.970. The standard InChI is InChI=1S/C55H46N2/c1-54(2)47-19-11-10-18-43(47)45-34-50-46(33-49(45)54)44-32-42(28-29-48(44)55(50)30-12-5-13-31-55)38-22-26-40(27-23-38)52-35-51(56-53(57-52)41-16-8-4-9-17-41)39-24-20-37(21-25-39)36-14-6-3-7-15-36/h3-4,6-11,14-20,22-24,26-29,32-35H,5,12-13,21,25,30-31H2,1-2H3. The van der Waals surface area contributed by atoms with Gasteiger partial charge in [0.2, 0.25) is 0 Å². The van der Waals surface area contributed by atoms with Gasteiger partial charge in [0.1, 0.15) is 0 Å². The fourth-order valence-electron chi connectivity index (χ4n) is 10.6. The number of rotatable bonds is 5. The molecule has 1 fully saturated rings. The van der Waals surface area contributed by atoms with Crippen LogP contribution in [0.5, 0.6) is 0 Å². The summed E-state index contributed by atoms with van der Waals surface area (Å²) in [4.78, 5) is 10.3. The summed E-state index contributed by atoms with van der Waals surface area (Å²) in [5.74, 6) is 0.762. The number of nitrogens with zero attached hydrogens (tertiary/aromatic N) is 2. The highest BCUT2D eigenvalue weighted by atomic mass is 14.9. The summed E-state index contributed by atoms with van der Waals surface area (Å²) < 4.78 is 0. The molecule has 1 saturated carbocycles. The SMILES string of the molecule is CC1(C)c2ccccc2-c2cc3c(cc21)-c1cc(-c2ccc(-c4cc(C5=CC=C(c6ccccc6)CC5)nc(-c5ccccc5)n4)cc2)ccc1C31CCCCC1. The van der Waals surface area contributed by atoms with Crippen LogP contribution in [0.1, 0.15) is 92.3 Å². The normalized spacial score (nSPS) is 16.9. The van der Waals surface area contributed by atoms with Crippen LogP contribution >= 0.6 is 0 Å². The molecule has 0 amide bonds. The van der Waals surface area contributed by atoms with E-state index in [4.69, 9.17) is 9.97 Å². The molecule has 2 heteroatoms. The highest BCUT2D eigenvalue weighted by Gasteiger charge is 2.46. The third-order valence-electron chi connectivity index (χ3n) is 13.7. The lowest BCUT2D eigenvalue weighted by molar-refractivity contribution is 0.353. The van der Waals surface area contributed by atoms with E-state index in [1.807, 2.05) is 6.07 Å². The Morgan fingerprint density at radius 2 is 1.00 bits per heavy atom. The summed E-state index contributed by atoms with van der Waals surface area (Å²) in [5, 5.41) is 0. The fourth-order valence-corrected chi connectivity index (χ4v) is 10.6. The monoisotopic (exact) mass is 734 g/mol. The molecular formula is C55H46N2. The van der Waals surface area contributed by atoms with E-state index in [1.165, 1.54) is 98.9 Å². The molecule has 0 saturated heterocycles. The van der Waals surface area contributed by atoms with Gasteiger partial charge in [-0.25, -0.2) is 9.97 Å². The van der Waals surface area contributed by atoms with Crippen LogP contribution in [0.3, 0.4) is 0 Å². The van der Waals surface area contributed by atoms with Gasteiger partial charge in [0.05, 0.1) is 11.4 Å². The molecule has 6 aromatic carbocycles. The molecule has 0 unspecified atom stereocenters. The summed E-state index contributed by atoms with van der Waals surface area (Å²) in [7, 11) is 0. The van der Waals surface area contributed by atoms with Crippen molar-refractivity contribution in [3.8, 4) is 56.0 Å². The zero-order valence-electron chi connectivity index (χ0n) is 32.9. The van der Waals surface area contributed by atoms with Crippen LogP contribution in [0, 0.1) is 0 Å². The van der Waals surface area contributed by atoms with E-state index in [-0.39, 0.29) is 10.8 Å². The minimum Gasteiger partial charge on any atom is -0.228 e. The first-order valence-corrected chi connectivity index (χ1v) is 20.9. The largest absolute Gasteiger partial charge is 0.228 e. The van der Waals surface area contributed by atoms with E-state index in [9.17, 15) is 0 Å². The van der Waals surface area contributed by atoms with Crippen molar-refractivity contribution < 1.29 is 0 Å². The second-order valence-electron chi connectivity index (χ2n) is 17.2. The maximum atomic E-state index is 5.16. The van der Waals surface area contributed by atoms with E-state index >= 15 is 0 Å². The Kier molecular flexibility index (Phi) is 7.93. The van der Waals surface area contributed by atoms with Crippen LogP contribution in [-0.2, 0) is 10.8 Å². The van der Waals surface area contributed by atoms with Crippen molar-refractivity contribution in [2.24, 2.45) is 0 Å². The maximum absolute atomic E-state index is 5.16. The molecule has 7 aromatic rings. The Labute approximate surface area is 336 Å². The van der Waals surface area contributed by atoms with Gasteiger partial charge in [-0.05, 0) is 122 Å². The summed E-state index contributed by atoms with van der Waals surface area (Å²) in [6.45, 7) is 4.81. The molecule has 0 radical (unpaired) electrons. The zero-order chi connectivity index (χ0) is 38.1. The van der Waals surface area contributed by atoms with Crippen molar-refractivity contribution in [2.75, 3.05) is 0 Å². The molecule has 1 spiro atoms. The molecule has 0 bridgehead atoms. The van der Waals surface area contributed by atoms with Gasteiger partial charge in [-0.2, -0.15) is 0 Å². The fraction of sp³-hybridized carbons (Fsp3) is 0.200. The highest BCUT2D eigenvalue weighted by molar-refractivity contribution is 5.91. The number of hydrogen-bond donors (Lipinski definition) is 0. The van der Waals surface area contributed by atoms with Gasteiger partial charge in [-0.3, -0.25) is 0 Å². The minimum absolute atomic E-state index is 0.0204. The first-order chi connectivity index (χ1) is 28.0. The van der Waals surface area contributed by atoms with Crippen molar-refractivity contribution in [3.63, 3.8) is 0 Å². The summed E-state index contributed by atoms with van der Waals surface area (Å²) in [6, 6.07) is 54.0. The lowest BCUT2D eigenvalue weighted by Crippen LogP contribution is -2.28. The van der Waals surface area contributed by atoms with Gasteiger partial charge < -0.3 is 0 Å². The molecular weight excluding hydrogens is 689 g/mol. The molecule has 0 aliphatic heterocycles. The van der Waals surface area contributed by atoms with Gasteiger partial charge in [0, 0.05) is 22.0 Å². The van der Waals surface area contributed by atoms with Crippen molar-refractivity contribution in [2.45, 2.75) is 69.6 Å². The lowest BCUT2D eigenvalue weighted by atomic mass is 9.67. The number of benzene rings is 6. The third-order valence-corrected chi connectivity index (χ3v) is 13.7. The molecule has 4 aliphatic rings. The number of hydrogen-bond acceptors (Lipinski definition) is 2. The number of aromatic nitrogens is 2. The predicted molar refractivity (Wildman–Crippen MR) is 237 cm³/mol. The van der Waals surface area contributed by atoms with Crippen LogP contribution in [-0.4, -0.2) is 9.97 Å².